The standard InChI is InChI=1S/C21H25N7O2/c1-28-17-10-12(4-9-16(17)26-27-28)15-11-22-19-18(15)20(30-3)25-21(24-19)23-13-5-7-14(29-2)8-6-13/h4,9-11,13-14H,5-8H2,1-3H3,(H2,22,23,24,25). The number of aromatic nitrogens is 6. The van der Waals surface area contributed by atoms with Gasteiger partial charge in [-0.15, -0.1) is 5.10 Å². The predicted molar refractivity (Wildman–Crippen MR) is 115 cm³/mol. The maximum Gasteiger partial charge on any atom is 0.228 e. The van der Waals surface area contributed by atoms with Gasteiger partial charge in [-0.3, -0.25) is 0 Å². The molecule has 3 heterocycles. The fourth-order valence-electron chi connectivity index (χ4n) is 4.26. The number of ether oxygens (including phenoxy) is 2. The van der Waals surface area contributed by atoms with Crippen LogP contribution in [0.5, 0.6) is 5.88 Å². The van der Waals surface area contributed by atoms with E-state index in [2.05, 4.69) is 31.7 Å². The number of fused-ring (bicyclic) bond motifs is 2. The minimum atomic E-state index is 0.340. The van der Waals surface area contributed by atoms with Gasteiger partial charge in [-0.1, -0.05) is 11.3 Å². The van der Waals surface area contributed by atoms with E-state index in [1.54, 1.807) is 18.9 Å². The summed E-state index contributed by atoms with van der Waals surface area (Å²) >= 11 is 0. The van der Waals surface area contributed by atoms with Crippen molar-refractivity contribution in [3.05, 3.63) is 24.4 Å². The quantitative estimate of drug-likeness (QED) is 0.523. The molecule has 0 unspecified atom stereocenters. The second kappa shape index (κ2) is 7.56. The van der Waals surface area contributed by atoms with Crippen LogP contribution in [0.4, 0.5) is 5.95 Å². The number of hydrogen-bond donors (Lipinski definition) is 2. The predicted octanol–water partition coefficient (Wildman–Crippen LogP) is 3.28. The Morgan fingerprint density at radius 2 is 1.97 bits per heavy atom. The van der Waals surface area contributed by atoms with Crippen LogP contribution >= 0.6 is 0 Å². The smallest absolute Gasteiger partial charge is 0.228 e. The first-order valence-electron chi connectivity index (χ1n) is 10.2. The van der Waals surface area contributed by atoms with Crippen molar-refractivity contribution < 1.29 is 9.47 Å². The zero-order valence-corrected chi connectivity index (χ0v) is 17.3. The summed E-state index contributed by atoms with van der Waals surface area (Å²) in [5, 5.41) is 12.6. The molecule has 156 valence electrons. The van der Waals surface area contributed by atoms with Gasteiger partial charge >= 0.3 is 0 Å². The molecule has 1 aliphatic rings. The van der Waals surface area contributed by atoms with E-state index in [0.717, 1.165) is 58.9 Å². The van der Waals surface area contributed by atoms with Crippen LogP contribution in [0.15, 0.2) is 24.4 Å². The summed E-state index contributed by atoms with van der Waals surface area (Å²) in [6.07, 6.45) is 6.48. The van der Waals surface area contributed by atoms with Crippen molar-refractivity contribution in [2.45, 2.75) is 37.8 Å². The van der Waals surface area contributed by atoms with E-state index < -0.39 is 0 Å². The van der Waals surface area contributed by atoms with Crippen LogP contribution in [0.3, 0.4) is 0 Å². The van der Waals surface area contributed by atoms with Crippen molar-refractivity contribution in [2.75, 3.05) is 19.5 Å². The van der Waals surface area contributed by atoms with Crippen LogP contribution in [0, 0.1) is 0 Å². The fraction of sp³-hybridized carbons (Fsp3) is 0.429. The van der Waals surface area contributed by atoms with Gasteiger partial charge in [-0.05, 0) is 43.4 Å². The number of nitrogens with one attached hydrogen (secondary N) is 2. The van der Waals surface area contributed by atoms with Gasteiger partial charge in [0.05, 0.1) is 24.1 Å². The third-order valence-electron chi connectivity index (χ3n) is 5.95. The first-order chi connectivity index (χ1) is 14.7. The van der Waals surface area contributed by atoms with Crippen molar-refractivity contribution in [1.82, 2.24) is 29.9 Å². The molecule has 0 spiro atoms. The van der Waals surface area contributed by atoms with Crippen LogP contribution in [0.2, 0.25) is 0 Å². The molecule has 1 aromatic carbocycles. The van der Waals surface area contributed by atoms with Gasteiger partial charge in [-0.25, -0.2) is 4.68 Å². The SMILES string of the molecule is COc1nc(NC2CCC(OC)CC2)nc2[nH]cc(-c3ccc4nnn(C)c4c3)c12. The zero-order valence-electron chi connectivity index (χ0n) is 17.3. The number of nitrogens with zero attached hydrogens (tertiary/aromatic N) is 5. The molecule has 0 aliphatic heterocycles. The molecule has 0 amide bonds. The Morgan fingerprint density at radius 3 is 2.73 bits per heavy atom. The van der Waals surface area contributed by atoms with E-state index in [-0.39, 0.29) is 0 Å². The highest BCUT2D eigenvalue weighted by Gasteiger charge is 2.23. The van der Waals surface area contributed by atoms with Crippen LogP contribution in [0.1, 0.15) is 25.7 Å². The Bertz CT molecular complexity index is 1190. The van der Waals surface area contributed by atoms with Crippen molar-refractivity contribution in [2.24, 2.45) is 7.05 Å². The van der Waals surface area contributed by atoms with Crippen LogP contribution in [-0.4, -0.2) is 56.3 Å². The molecule has 3 aromatic heterocycles. The molecule has 1 fully saturated rings. The molecule has 0 bridgehead atoms. The molecular weight excluding hydrogens is 382 g/mol. The molecule has 30 heavy (non-hydrogen) atoms. The highest BCUT2D eigenvalue weighted by atomic mass is 16.5. The second-order valence-corrected chi connectivity index (χ2v) is 7.75. The summed E-state index contributed by atoms with van der Waals surface area (Å²) in [5.74, 6) is 1.13. The van der Waals surface area contributed by atoms with Crippen molar-refractivity contribution >= 4 is 28.0 Å². The van der Waals surface area contributed by atoms with Gasteiger partial charge in [0.25, 0.3) is 0 Å². The Kier molecular flexibility index (Phi) is 4.74. The number of aryl methyl sites for hydroxylation is 1. The van der Waals surface area contributed by atoms with E-state index >= 15 is 0 Å². The van der Waals surface area contributed by atoms with Gasteiger partial charge in [0.2, 0.25) is 11.8 Å². The number of H-pyrrole nitrogens is 1. The third kappa shape index (κ3) is 3.24. The van der Waals surface area contributed by atoms with E-state index in [4.69, 9.17) is 14.5 Å². The fourth-order valence-corrected chi connectivity index (χ4v) is 4.26. The molecule has 1 saturated carbocycles. The number of anilines is 1. The van der Waals surface area contributed by atoms with E-state index in [1.807, 2.05) is 25.4 Å². The van der Waals surface area contributed by atoms with Gasteiger partial charge in [0, 0.05) is 32.0 Å². The van der Waals surface area contributed by atoms with E-state index in [0.29, 0.717) is 24.0 Å². The molecule has 0 saturated heterocycles. The first-order valence-corrected chi connectivity index (χ1v) is 10.2. The Morgan fingerprint density at radius 1 is 1.13 bits per heavy atom. The highest BCUT2D eigenvalue weighted by Crippen LogP contribution is 2.35. The molecule has 9 nitrogen and oxygen atoms in total. The van der Waals surface area contributed by atoms with Gasteiger partial charge in [-0.2, -0.15) is 9.97 Å². The number of methoxy groups -OCH3 is 2. The number of hydrogen-bond acceptors (Lipinski definition) is 7. The second-order valence-electron chi connectivity index (χ2n) is 7.75. The summed E-state index contributed by atoms with van der Waals surface area (Å²) < 4.78 is 12.9. The maximum absolute atomic E-state index is 5.65. The topological polar surface area (TPSA) is 103 Å². The zero-order chi connectivity index (χ0) is 20.7. The number of rotatable bonds is 5. The Hall–Kier alpha value is -3.20. The molecule has 4 aromatic rings. The summed E-state index contributed by atoms with van der Waals surface area (Å²) in [5.41, 5.74) is 4.58. The molecule has 2 N–H and O–H groups in total. The monoisotopic (exact) mass is 407 g/mol. The largest absolute Gasteiger partial charge is 0.480 e. The van der Waals surface area contributed by atoms with Crippen LogP contribution in [0.25, 0.3) is 33.2 Å². The maximum atomic E-state index is 5.65. The van der Waals surface area contributed by atoms with Gasteiger partial charge in [0.1, 0.15) is 11.2 Å². The molecule has 5 rings (SSSR count). The van der Waals surface area contributed by atoms with Crippen molar-refractivity contribution in [1.29, 1.82) is 0 Å². The summed E-state index contributed by atoms with van der Waals surface area (Å²) in [7, 11) is 5.31. The molecule has 1 aliphatic carbocycles. The minimum absolute atomic E-state index is 0.340. The van der Waals surface area contributed by atoms with Crippen molar-refractivity contribution in [3.63, 3.8) is 0 Å². The lowest BCUT2D eigenvalue weighted by Gasteiger charge is -2.28. The lowest BCUT2D eigenvalue weighted by atomic mass is 9.93. The number of aromatic amines is 1. The van der Waals surface area contributed by atoms with Crippen LogP contribution in [-0.2, 0) is 11.8 Å². The third-order valence-corrected chi connectivity index (χ3v) is 5.95. The molecule has 0 atom stereocenters. The molecule has 9 heteroatoms. The normalized spacial score (nSPS) is 19.4. The summed E-state index contributed by atoms with van der Waals surface area (Å²) in [6.45, 7) is 0. The van der Waals surface area contributed by atoms with E-state index in [9.17, 15) is 0 Å². The first kappa shape index (κ1) is 18.8. The summed E-state index contributed by atoms with van der Waals surface area (Å²) in [4.78, 5) is 12.7. The van der Waals surface area contributed by atoms with Crippen LogP contribution < -0.4 is 10.1 Å². The average molecular weight is 407 g/mol. The van der Waals surface area contributed by atoms with Crippen molar-refractivity contribution in [3.8, 4) is 17.0 Å². The average Bonchev–Trinajstić information content (AvgIpc) is 3.37. The summed E-state index contributed by atoms with van der Waals surface area (Å²) in [6, 6.07) is 6.40. The highest BCUT2D eigenvalue weighted by molar-refractivity contribution is 5.99. The van der Waals surface area contributed by atoms with Gasteiger partial charge < -0.3 is 19.8 Å². The molecular formula is C21H25N7O2. The van der Waals surface area contributed by atoms with E-state index in [1.165, 1.54) is 0 Å². The minimum Gasteiger partial charge on any atom is -0.480 e. The lowest BCUT2D eigenvalue weighted by molar-refractivity contribution is 0.0681. The van der Waals surface area contributed by atoms with Gasteiger partial charge in [0.15, 0.2) is 0 Å². The lowest BCUT2D eigenvalue weighted by Crippen LogP contribution is -2.29. The Balaban J connectivity index is 1.49. The number of benzene rings is 1. The molecule has 0 radical (unpaired) electrons. The Labute approximate surface area is 173 Å².